The van der Waals surface area contributed by atoms with Crippen LogP contribution in [0, 0.1) is 0 Å². The van der Waals surface area contributed by atoms with Crippen molar-refractivity contribution >= 4 is 29.1 Å². The Morgan fingerprint density at radius 2 is 1.77 bits per heavy atom. The molecule has 3 rings (SSSR count). The van der Waals surface area contributed by atoms with Crippen LogP contribution in [0.25, 0.3) is 0 Å². The lowest BCUT2D eigenvalue weighted by atomic mass is 9.94. The summed E-state index contributed by atoms with van der Waals surface area (Å²) < 4.78 is 0. The average molecular weight is 341 g/mol. The Balaban J connectivity index is 1.59. The van der Waals surface area contributed by atoms with Crippen molar-refractivity contribution in [2.45, 2.75) is 57.2 Å². The van der Waals surface area contributed by atoms with E-state index in [1.165, 1.54) is 19.3 Å². The number of hydrogen-bond acceptors (Lipinski definition) is 2. The molecule has 1 heterocycles. The summed E-state index contributed by atoms with van der Waals surface area (Å²) >= 11 is 12.4. The van der Waals surface area contributed by atoms with E-state index in [1.807, 2.05) is 18.2 Å². The van der Waals surface area contributed by atoms with Gasteiger partial charge in [0.15, 0.2) is 0 Å². The van der Waals surface area contributed by atoms with Crippen molar-refractivity contribution in [2.75, 3.05) is 6.54 Å². The molecule has 2 aliphatic rings. The van der Waals surface area contributed by atoms with Gasteiger partial charge in [0.2, 0.25) is 5.91 Å². The van der Waals surface area contributed by atoms with Crippen LogP contribution in [-0.2, 0) is 11.3 Å². The normalized spacial score (nSPS) is 23.3. The third-order valence-corrected chi connectivity index (χ3v) is 5.55. The highest BCUT2D eigenvalue weighted by Crippen LogP contribution is 2.28. The molecule has 1 unspecified atom stereocenters. The fourth-order valence-electron chi connectivity index (χ4n) is 3.57. The summed E-state index contributed by atoms with van der Waals surface area (Å²) in [5, 5.41) is 4.63. The minimum absolute atomic E-state index is 0.103. The molecule has 1 saturated heterocycles. The van der Waals surface area contributed by atoms with E-state index in [4.69, 9.17) is 23.2 Å². The van der Waals surface area contributed by atoms with Crippen molar-refractivity contribution in [1.29, 1.82) is 0 Å². The molecule has 1 amide bonds. The monoisotopic (exact) mass is 340 g/mol. The molecule has 1 N–H and O–H groups in total. The minimum atomic E-state index is -0.103. The van der Waals surface area contributed by atoms with E-state index in [1.54, 1.807) is 0 Å². The average Bonchev–Trinajstić information content (AvgIpc) is 2.89. The maximum atomic E-state index is 12.6. The third kappa shape index (κ3) is 3.42. The second kappa shape index (κ2) is 7.20. The first-order chi connectivity index (χ1) is 10.7. The molecule has 2 fully saturated rings. The van der Waals surface area contributed by atoms with Crippen molar-refractivity contribution in [2.24, 2.45) is 0 Å². The van der Waals surface area contributed by atoms with E-state index in [9.17, 15) is 4.79 Å². The van der Waals surface area contributed by atoms with E-state index in [2.05, 4.69) is 10.2 Å². The molecule has 0 spiro atoms. The lowest BCUT2D eigenvalue weighted by Gasteiger charge is -2.31. The Labute approximate surface area is 142 Å². The molecule has 22 heavy (non-hydrogen) atoms. The summed E-state index contributed by atoms with van der Waals surface area (Å²) in [7, 11) is 0. The topological polar surface area (TPSA) is 32.3 Å². The van der Waals surface area contributed by atoms with Gasteiger partial charge in [0.05, 0.1) is 6.04 Å². The Hall–Kier alpha value is -0.770. The highest BCUT2D eigenvalue weighted by molar-refractivity contribution is 6.35. The number of nitrogens with zero attached hydrogens (tertiary/aromatic N) is 1. The van der Waals surface area contributed by atoms with Gasteiger partial charge in [-0.3, -0.25) is 4.79 Å². The standard InChI is InChI=1S/C17H22Cl2N2O/c18-14-7-4-8-15(19)13(14)11-20-16-9-10-21(17(16)22)12-5-2-1-3-6-12/h4,7-8,12,16,20H,1-3,5-6,9-11H2. The van der Waals surface area contributed by atoms with E-state index < -0.39 is 0 Å². The molecule has 0 bridgehead atoms. The number of carbonyl (C=O) groups is 1. The predicted molar refractivity (Wildman–Crippen MR) is 90.3 cm³/mol. The van der Waals surface area contributed by atoms with Crippen molar-refractivity contribution in [3.63, 3.8) is 0 Å². The van der Waals surface area contributed by atoms with E-state index in [0.29, 0.717) is 22.6 Å². The molecule has 120 valence electrons. The molecule has 0 radical (unpaired) electrons. The first-order valence-corrected chi connectivity index (χ1v) is 8.89. The van der Waals surface area contributed by atoms with Crippen molar-refractivity contribution < 1.29 is 4.79 Å². The number of rotatable bonds is 4. The molecule has 1 aliphatic heterocycles. The van der Waals surface area contributed by atoms with Gasteiger partial charge in [-0.1, -0.05) is 48.5 Å². The van der Waals surface area contributed by atoms with E-state index in [-0.39, 0.29) is 11.9 Å². The molecular formula is C17H22Cl2N2O. The zero-order chi connectivity index (χ0) is 15.5. The highest BCUT2D eigenvalue weighted by Gasteiger charge is 2.35. The smallest absolute Gasteiger partial charge is 0.240 e. The molecule has 1 atom stereocenters. The van der Waals surface area contributed by atoms with Crippen molar-refractivity contribution in [1.82, 2.24) is 10.2 Å². The number of hydrogen-bond donors (Lipinski definition) is 1. The highest BCUT2D eigenvalue weighted by atomic mass is 35.5. The number of carbonyl (C=O) groups excluding carboxylic acids is 1. The molecule has 1 saturated carbocycles. The summed E-state index contributed by atoms with van der Waals surface area (Å²) in [6.07, 6.45) is 7.01. The second-order valence-corrected chi connectivity index (χ2v) is 7.06. The van der Waals surface area contributed by atoms with Crippen LogP contribution in [0.2, 0.25) is 10.0 Å². The van der Waals surface area contributed by atoms with Gasteiger partial charge in [-0.05, 0) is 31.4 Å². The summed E-state index contributed by atoms with van der Waals surface area (Å²) in [6, 6.07) is 5.84. The Morgan fingerprint density at radius 1 is 1.09 bits per heavy atom. The Bertz CT molecular complexity index is 523. The van der Waals surface area contributed by atoms with Gasteiger partial charge in [-0.15, -0.1) is 0 Å². The van der Waals surface area contributed by atoms with Crippen LogP contribution < -0.4 is 5.32 Å². The lowest BCUT2D eigenvalue weighted by Crippen LogP contribution is -2.43. The quantitative estimate of drug-likeness (QED) is 0.897. The van der Waals surface area contributed by atoms with Gasteiger partial charge >= 0.3 is 0 Å². The maximum Gasteiger partial charge on any atom is 0.240 e. The SMILES string of the molecule is O=C1C(NCc2c(Cl)cccc2Cl)CCN1C1CCCCC1. The van der Waals surface area contributed by atoms with E-state index in [0.717, 1.165) is 31.4 Å². The van der Waals surface area contributed by atoms with Crippen LogP contribution in [0.5, 0.6) is 0 Å². The Morgan fingerprint density at radius 3 is 2.45 bits per heavy atom. The number of likely N-dealkylation sites (tertiary alicyclic amines) is 1. The molecule has 1 aromatic carbocycles. The lowest BCUT2D eigenvalue weighted by molar-refractivity contribution is -0.131. The van der Waals surface area contributed by atoms with Crippen LogP contribution in [-0.4, -0.2) is 29.4 Å². The maximum absolute atomic E-state index is 12.6. The summed E-state index contributed by atoms with van der Waals surface area (Å²) in [6.45, 7) is 1.41. The number of amides is 1. The zero-order valence-electron chi connectivity index (χ0n) is 12.7. The van der Waals surface area contributed by atoms with Gasteiger partial charge in [0.25, 0.3) is 0 Å². The van der Waals surface area contributed by atoms with Crippen molar-refractivity contribution in [3.8, 4) is 0 Å². The fourth-order valence-corrected chi connectivity index (χ4v) is 4.10. The van der Waals surface area contributed by atoms with Crippen LogP contribution in [0.4, 0.5) is 0 Å². The summed E-state index contributed by atoms with van der Waals surface area (Å²) in [4.78, 5) is 14.7. The van der Waals surface area contributed by atoms with Crippen molar-refractivity contribution in [3.05, 3.63) is 33.8 Å². The van der Waals surface area contributed by atoms with Crippen LogP contribution in [0.3, 0.4) is 0 Å². The molecule has 1 aromatic rings. The zero-order valence-corrected chi connectivity index (χ0v) is 14.2. The number of benzene rings is 1. The van der Waals surface area contributed by atoms with Gasteiger partial charge in [-0.2, -0.15) is 0 Å². The molecule has 3 nitrogen and oxygen atoms in total. The summed E-state index contributed by atoms with van der Waals surface area (Å²) in [5.41, 5.74) is 0.870. The van der Waals surface area contributed by atoms with Crippen LogP contribution in [0.15, 0.2) is 18.2 Å². The minimum Gasteiger partial charge on any atom is -0.338 e. The van der Waals surface area contributed by atoms with Gasteiger partial charge in [0.1, 0.15) is 0 Å². The van der Waals surface area contributed by atoms with Gasteiger partial charge in [0, 0.05) is 34.7 Å². The largest absolute Gasteiger partial charge is 0.338 e. The van der Waals surface area contributed by atoms with Gasteiger partial charge < -0.3 is 10.2 Å². The fraction of sp³-hybridized carbons (Fsp3) is 0.588. The van der Waals surface area contributed by atoms with Crippen LogP contribution >= 0.6 is 23.2 Å². The molecule has 5 heteroatoms. The summed E-state index contributed by atoms with van der Waals surface area (Å²) in [5.74, 6) is 0.245. The Kier molecular flexibility index (Phi) is 5.27. The number of nitrogens with one attached hydrogen (secondary N) is 1. The third-order valence-electron chi connectivity index (χ3n) is 4.84. The second-order valence-electron chi connectivity index (χ2n) is 6.25. The molecular weight excluding hydrogens is 319 g/mol. The molecule has 1 aliphatic carbocycles. The predicted octanol–water partition coefficient (Wildman–Crippen LogP) is 4.02. The number of halogens is 2. The molecule has 0 aromatic heterocycles. The first kappa shape index (κ1) is 16.1. The first-order valence-electron chi connectivity index (χ1n) is 8.13. The van der Waals surface area contributed by atoms with Gasteiger partial charge in [-0.25, -0.2) is 0 Å². The van der Waals surface area contributed by atoms with Crippen LogP contribution in [0.1, 0.15) is 44.1 Å². The van der Waals surface area contributed by atoms with E-state index >= 15 is 0 Å².